The average Bonchev–Trinajstić information content (AvgIpc) is 3.56. The van der Waals surface area contributed by atoms with Gasteiger partial charge in [0.25, 0.3) is 0 Å². The first-order valence-electron chi connectivity index (χ1n) is 18.6. The lowest BCUT2D eigenvalue weighted by molar-refractivity contribution is -0.153. The van der Waals surface area contributed by atoms with Crippen molar-refractivity contribution in [3.05, 3.63) is 48.2 Å². The van der Waals surface area contributed by atoms with E-state index in [9.17, 15) is 18.0 Å². The highest BCUT2D eigenvalue weighted by Crippen LogP contribution is 2.53. The summed E-state index contributed by atoms with van der Waals surface area (Å²) in [4.78, 5) is 31.5. The van der Waals surface area contributed by atoms with Crippen LogP contribution in [0.25, 0.3) is 32.9 Å². The Labute approximate surface area is 301 Å². The Balaban J connectivity index is 1.20. The first kappa shape index (κ1) is 33.4. The molecule has 4 saturated heterocycles. The zero-order chi connectivity index (χ0) is 36.0. The van der Waals surface area contributed by atoms with Crippen LogP contribution >= 0.6 is 0 Å². The van der Waals surface area contributed by atoms with Gasteiger partial charge in [0.05, 0.1) is 17.3 Å². The summed E-state index contributed by atoms with van der Waals surface area (Å²) in [6, 6.07) is 6.07. The number of hydrogen-bond donors (Lipinski definition) is 1. The van der Waals surface area contributed by atoms with E-state index < -0.39 is 12.8 Å². The molecule has 1 saturated carbocycles. The van der Waals surface area contributed by atoms with Crippen molar-refractivity contribution < 1.29 is 22.7 Å². The third-order valence-electron chi connectivity index (χ3n) is 12.3. The minimum absolute atomic E-state index is 0.00387. The topological polar surface area (TPSA) is 93.7 Å². The van der Waals surface area contributed by atoms with Gasteiger partial charge in [-0.2, -0.15) is 23.3 Å². The summed E-state index contributed by atoms with van der Waals surface area (Å²) in [5.41, 5.74) is 4.66. The molecule has 1 aliphatic carbocycles. The number of H-pyrrole nitrogens is 1. The first-order valence-corrected chi connectivity index (χ1v) is 18.6. The van der Waals surface area contributed by atoms with E-state index in [1.165, 1.54) is 18.9 Å². The number of anilines is 2. The molecule has 52 heavy (non-hydrogen) atoms. The second-order valence-electron chi connectivity index (χ2n) is 16.1. The minimum atomic E-state index is -4.55. The Bertz CT molecular complexity index is 2060. The molecule has 4 aliphatic heterocycles. The van der Waals surface area contributed by atoms with E-state index in [1.807, 2.05) is 24.0 Å². The van der Waals surface area contributed by atoms with Gasteiger partial charge >= 0.3 is 6.18 Å². The van der Waals surface area contributed by atoms with E-state index in [0.717, 1.165) is 104 Å². The van der Waals surface area contributed by atoms with Crippen LogP contribution in [0.5, 0.6) is 5.75 Å². The lowest BCUT2D eigenvalue weighted by Crippen LogP contribution is -2.68. The van der Waals surface area contributed by atoms with E-state index in [-0.39, 0.29) is 28.5 Å². The zero-order valence-corrected chi connectivity index (χ0v) is 29.9. The maximum Gasteiger partial charge on any atom is 0.422 e. The third kappa shape index (κ3) is 5.66. The number of carbonyl (C=O) groups excluding carboxylic acids is 1. The molecule has 0 bridgehead atoms. The molecule has 274 valence electrons. The van der Waals surface area contributed by atoms with Gasteiger partial charge in [-0.25, -0.2) is 4.98 Å². The van der Waals surface area contributed by atoms with Crippen LogP contribution in [0.4, 0.5) is 24.9 Å². The number of nitrogens with one attached hydrogen (secondary N) is 1. The van der Waals surface area contributed by atoms with Gasteiger partial charge < -0.3 is 19.4 Å². The molecule has 6 heterocycles. The van der Waals surface area contributed by atoms with Gasteiger partial charge in [-0.05, 0) is 106 Å². The molecule has 1 N–H and O–H groups in total. The number of aromatic nitrogens is 4. The van der Waals surface area contributed by atoms with Crippen LogP contribution in [0.15, 0.2) is 37.1 Å². The molecule has 1 amide bonds. The van der Waals surface area contributed by atoms with Gasteiger partial charge in [0.1, 0.15) is 11.3 Å². The van der Waals surface area contributed by atoms with Gasteiger partial charge in [-0.15, -0.1) is 0 Å². The number of likely N-dealkylation sites (tertiary alicyclic amines) is 2. The highest BCUT2D eigenvalue weighted by atomic mass is 19.4. The van der Waals surface area contributed by atoms with Crippen LogP contribution in [0.2, 0.25) is 0 Å². The third-order valence-corrected chi connectivity index (χ3v) is 12.3. The molecule has 4 aromatic rings. The number of hydrogen-bond acceptors (Lipinski definition) is 8. The number of carbonyl (C=O) groups is 1. The molecule has 0 radical (unpaired) electrons. The second-order valence-corrected chi connectivity index (χ2v) is 16.1. The number of ether oxygens (including phenoxy) is 1. The zero-order valence-electron chi connectivity index (χ0n) is 29.9. The summed E-state index contributed by atoms with van der Waals surface area (Å²) < 4.78 is 48.3. The molecular weight excluding hydrogens is 669 g/mol. The van der Waals surface area contributed by atoms with Crippen molar-refractivity contribution in [2.24, 2.45) is 5.41 Å². The van der Waals surface area contributed by atoms with Crippen molar-refractivity contribution in [2.75, 3.05) is 68.8 Å². The number of nitrogens with zero attached hydrogens (tertiary/aromatic N) is 7. The number of benzene rings is 2. The lowest BCUT2D eigenvalue weighted by Gasteiger charge is -2.54. The van der Waals surface area contributed by atoms with E-state index in [1.54, 1.807) is 6.20 Å². The van der Waals surface area contributed by atoms with Crippen molar-refractivity contribution in [1.82, 2.24) is 30.0 Å². The SMILES string of the molecule is C=CC(=O)N1CC2(CCN(c3nc(N4CC(C)(N5CCCC5)C4)nc4c(OCC(F)(F)F)c(-c5c(C)ccc6[nH]ncc56)c(C5CC5)cc34)CC2)C1. The van der Waals surface area contributed by atoms with Gasteiger partial charge in [0, 0.05) is 61.0 Å². The summed E-state index contributed by atoms with van der Waals surface area (Å²) in [6.07, 6.45) is 4.62. The standard InChI is InChI=1S/C39H45F3N8O2/c1-4-30(51)48-21-38(22-48)11-15-47(16-12-38)35-27-17-26(25-8-9-25)32(31-24(2)7-10-29-28(31)18-43-46-29)34(52-23-39(40,41)42)33(27)44-36(45-35)49-19-37(3,20-49)50-13-5-6-14-50/h4,7,10,17-18,25H,1,5-6,8-9,11-16,19-23H2,2-3H3,(H,43,46). The number of alkyl halides is 3. The first-order chi connectivity index (χ1) is 24.9. The number of aromatic amines is 1. The predicted octanol–water partition coefficient (Wildman–Crippen LogP) is 6.59. The summed E-state index contributed by atoms with van der Waals surface area (Å²) in [7, 11) is 0. The maximum atomic E-state index is 14.1. The van der Waals surface area contributed by atoms with Crippen molar-refractivity contribution >= 4 is 39.5 Å². The minimum Gasteiger partial charge on any atom is -0.481 e. The number of rotatable bonds is 8. The molecule has 2 aromatic heterocycles. The van der Waals surface area contributed by atoms with Crippen LogP contribution in [-0.2, 0) is 4.79 Å². The monoisotopic (exact) mass is 714 g/mol. The fraction of sp³-hybridized carbons (Fsp3) is 0.538. The molecule has 9 rings (SSSR count). The molecule has 5 aliphatic rings. The van der Waals surface area contributed by atoms with Crippen LogP contribution in [0.3, 0.4) is 0 Å². The fourth-order valence-corrected chi connectivity index (χ4v) is 9.27. The Hall–Kier alpha value is -4.39. The molecule has 0 unspecified atom stereocenters. The Kier molecular flexibility index (Phi) is 7.77. The fourth-order valence-electron chi connectivity index (χ4n) is 9.27. The molecule has 2 aromatic carbocycles. The largest absolute Gasteiger partial charge is 0.481 e. The summed E-state index contributed by atoms with van der Waals surface area (Å²) in [5, 5.41) is 8.90. The van der Waals surface area contributed by atoms with E-state index in [0.29, 0.717) is 30.1 Å². The summed E-state index contributed by atoms with van der Waals surface area (Å²) in [6.45, 7) is 13.0. The molecule has 10 nitrogen and oxygen atoms in total. The number of halogens is 3. The Morgan fingerprint density at radius 3 is 2.42 bits per heavy atom. The predicted molar refractivity (Wildman–Crippen MR) is 195 cm³/mol. The van der Waals surface area contributed by atoms with Crippen LogP contribution < -0.4 is 14.5 Å². The molecule has 5 fully saturated rings. The van der Waals surface area contributed by atoms with Gasteiger partial charge in [-0.3, -0.25) is 14.8 Å². The van der Waals surface area contributed by atoms with Gasteiger partial charge in [0.2, 0.25) is 11.9 Å². The van der Waals surface area contributed by atoms with Crippen molar-refractivity contribution in [3.63, 3.8) is 0 Å². The van der Waals surface area contributed by atoms with Gasteiger partial charge in [-0.1, -0.05) is 12.6 Å². The Morgan fingerprint density at radius 1 is 1.02 bits per heavy atom. The van der Waals surface area contributed by atoms with Gasteiger partial charge in [0.15, 0.2) is 12.4 Å². The normalized spacial score (nSPS) is 21.5. The smallest absolute Gasteiger partial charge is 0.422 e. The van der Waals surface area contributed by atoms with Crippen LogP contribution in [0, 0.1) is 12.3 Å². The highest BCUT2D eigenvalue weighted by Gasteiger charge is 2.48. The van der Waals surface area contributed by atoms with E-state index in [2.05, 4.69) is 44.5 Å². The number of amides is 1. The molecule has 1 spiro atoms. The Morgan fingerprint density at radius 2 is 1.75 bits per heavy atom. The number of aryl methyl sites for hydroxylation is 1. The van der Waals surface area contributed by atoms with E-state index in [4.69, 9.17) is 14.7 Å². The second kappa shape index (κ2) is 12.1. The quantitative estimate of drug-likeness (QED) is 0.205. The maximum absolute atomic E-state index is 14.1. The molecular formula is C39H45F3N8O2. The molecule has 13 heteroatoms. The van der Waals surface area contributed by atoms with E-state index >= 15 is 0 Å². The summed E-state index contributed by atoms with van der Waals surface area (Å²) >= 11 is 0. The van der Waals surface area contributed by atoms with Crippen molar-refractivity contribution in [2.45, 2.75) is 70.0 Å². The lowest BCUT2D eigenvalue weighted by atomic mass is 9.72. The van der Waals surface area contributed by atoms with Crippen LogP contribution in [-0.4, -0.2) is 107 Å². The number of piperidine rings is 1. The number of fused-ring (bicyclic) bond motifs is 2. The summed E-state index contributed by atoms with van der Waals surface area (Å²) in [5.74, 6) is 1.57. The molecule has 0 atom stereocenters. The van der Waals surface area contributed by atoms with Crippen molar-refractivity contribution in [3.8, 4) is 16.9 Å². The van der Waals surface area contributed by atoms with Crippen molar-refractivity contribution in [1.29, 1.82) is 0 Å². The average molecular weight is 715 g/mol. The van der Waals surface area contributed by atoms with Crippen LogP contribution in [0.1, 0.15) is 62.5 Å². The highest BCUT2D eigenvalue weighted by molar-refractivity contribution is 6.06.